The van der Waals surface area contributed by atoms with E-state index >= 15 is 0 Å². The average molecular weight is 471 g/mol. The summed E-state index contributed by atoms with van der Waals surface area (Å²) in [5, 5.41) is 0. The summed E-state index contributed by atoms with van der Waals surface area (Å²) in [7, 11) is 1.77. The molecule has 0 heterocycles. The van der Waals surface area contributed by atoms with Gasteiger partial charge in [-0.15, -0.1) is 0 Å². The van der Waals surface area contributed by atoms with E-state index in [0.717, 1.165) is 6.42 Å². The minimum atomic E-state index is -1.95. The van der Waals surface area contributed by atoms with Gasteiger partial charge in [0.1, 0.15) is 0 Å². The Bertz CT molecular complexity index is 347. The maximum absolute atomic E-state index is 6.22. The first-order valence-electron chi connectivity index (χ1n) is 5.72. The predicted molar refractivity (Wildman–Crippen MR) is 87.1 cm³/mol. The summed E-state index contributed by atoms with van der Waals surface area (Å²) in [5.74, 6) is 0. The molecule has 0 aliphatic rings. The first-order valence-corrected chi connectivity index (χ1v) is 14.6. The number of rotatable bonds is 6. The molecule has 0 aliphatic carbocycles. The summed E-state index contributed by atoms with van der Waals surface area (Å²) < 4.78 is 7.62. The minimum absolute atomic E-state index is 0.0951. The van der Waals surface area contributed by atoms with Crippen LogP contribution in [-0.2, 0) is 3.07 Å². The van der Waals surface area contributed by atoms with Gasteiger partial charge >= 0.3 is 129 Å². The molecule has 2 nitrogen and oxygen atoms in total. The molecule has 5 heteroatoms. The normalized spacial score (nSPS) is 14.9. The van der Waals surface area contributed by atoms with Crippen LogP contribution in [0.4, 0.5) is 0 Å². The molecule has 0 spiro atoms. The van der Waals surface area contributed by atoms with Gasteiger partial charge in [0.05, 0.1) is 0 Å². The van der Waals surface area contributed by atoms with Gasteiger partial charge in [0.15, 0.2) is 0 Å². The molecule has 2 atom stereocenters. The van der Waals surface area contributed by atoms with E-state index in [1.807, 2.05) is 6.92 Å². The third kappa shape index (κ3) is 4.89. The van der Waals surface area contributed by atoms with Crippen molar-refractivity contribution in [1.82, 2.24) is 0 Å². The SMILES string of the molecule is CCC([O][Sn]([CH3])[c]1ccccc1C(C)N)SI. The molecule has 2 N–H and O–H groups in total. The molecule has 0 amide bonds. The van der Waals surface area contributed by atoms with Gasteiger partial charge in [-0.05, 0) is 0 Å². The molecule has 0 aliphatic heterocycles. The van der Waals surface area contributed by atoms with Crippen LogP contribution in [0.15, 0.2) is 24.3 Å². The van der Waals surface area contributed by atoms with E-state index in [-0.39, 0.29) is 6.04 Å². The second-order valence-electron chi connectivity index (χ2n) is 3.98. The fraction of sp³-hybridized carbons (Fsp3) is 0.500. The first-order chi connectivity index (χ1) is 8.10. The molecule has 0 aromatic heterocycles. The van der Waals surface area contributed by atoms with Crippen LogP contribution in [0.1, 0.15) is 31.9 Å². The third-order valence-electron chi connectivity index (χ3n) is 2.57. The Morgan fingerprint density at radius 3 is 2.65 bits per heavy atom. The fourth-order valence-corrected chi connectivity index (χ4v) is 11.2. The molecule has 0 saturated heterocycles. The van der Waals surface area contributed by atoms with Crippen LogP contribution in [0, 0.1) is 0 Å². The van der Waals surface area contributed by atoms with Crippen LogP contribution in [0.5, 0.6) is 0 Å². The van der Waals surface area contributed by atoms with Crippen molar-refractivity contribution in [2.75, 3.05) is 0 Å². The molecule has 1 aromatic rings. The molecule has 0 fully saturated rings. The van der Waals surface area contributed by atoms with Gasteiger partial charge in [0.25, 0.3) is 0 Å². The van der Waals surface area contributed by atoms with Crippen molar-refractivity contribution in [3.8, 4) is 0 Å². The van der Waals surface area contributed by atoms with Crippen molar-refractivity contribution >= 4 is 53.9 Å². The van der Waals surface area contributed by atoms with Crippen molar-refractivity contribution in [3.05, 3.63) is 29.8 Å². The van der Waals surface area contributed by atoms with E-state index < -0.39 is 20.2 Å². The van der Waals surface area contributed by atoms with Crippen LogP contribution in [0.3, 0.4) is 0 Å². The quantitative estimate of drug-likeness (QED) is 0.393. The molecule has 1 rings (SSSR count). The zero-order chi connectivity index (χ0) is 12.8. The van der Waals surface area contributed by atoms with Gasteiger partial charge < -0.3 is 0 Å². The van der Waals surface area contributed by atoms with Crippen molar-refractivity contribution in [2.24, 2.45) is 5.73 Å². The van der Waals surface area contributed by atoms with Gasteiger partial charge in [0, 0.05) is 0 Å². The van der Waals surface area contributed by atoms with Gasteiger partial charge in [0.2, 0.25) is 0 Å². The number of hydrogen-bond donors (Lipinski definition) is 1. The van der Waals surface area contributed by atoms with E-state index in [1.165, 1.54) is 9.14 Å². The third-order valence-corrected chi connectivity index (χ3v) is 10.7. The fourth-order valence-electron chi connectivity index (χ4n) is 1.64. The Labute approximate surface area is 128 Å². The van der Waals surface area contributed by atoms with Crippen molar-refractivity contribution in [2.45, 2.75) is 36.7 Å². The monoisotopic (exact) mass is 472 g/mol. The Morgan fingerprint density at radius 1 is 1.47 bits per heavy atom. The van der Waals surface area contributed by atoms with Crippen molar-refractivity contribution < 1.29 is 3.07 Å². The van der Waals surface area contributed by atoms with Crippen LogP contribution < -0.4 is 9.31 Å². The zero-order valence-electron chi connectivity index (χ0n) is 10.4. The topological polar surface area (TPSA) is 35.2 Å². The summed E-state index contributed by atoms with van der Waals surface area (Å²) in [6, 6.07) is 8.57. The maximum atomic E-state index is 6.22. The molecule has 17 heavy (non-hydrogen) atoms. The number of nitrogens with two attached hydrogens (primary N) is 1. The van der Waals surface area contributed by atoms with E-state index in [0.29, 0.717) is 5.44 Å². The Morgan fingerprint density at radius 2 is 2.12 bits per heavy atom. The summed E-state index contributed by atoms with van der Waals surface area (Å²) >= 11 is 0.368. The van der Waals surface area contributed by atoms with Gasteiger partial charge in [-0.3, -0.25) is 0 Å². The molecule has 95 valence electrons. The van der Waals surface area contributed by atoms with Gasteiger partial charge in [-0.25, -0.2) is 0 Å². The molecular weight excluding hydrogens is 452 g/mol. The van der Waals surface area contributed by atoms with E-state index in [1.54, 1.807) is 8.93 Å². The van der Waals surface area contributed by atoms with Crippen molar-refractivity contribution in [1.29, 1.82) is 0 Å². The van der Waals surface area contributed by atoms with Crippen molar-refractivity contribution in [3.63, 3.8) is 0 Å². The predicted octanol–water partition coefficient (Wildman–Crippen LogP) is 3.37. The molecule has 1 aromatic carbocycles. The summed E-state index contributed by atoms with van der Waals surface area (Å²) in [6.07, 6.45) is 1.06. The first kappa shape index (κ1) is 16.1. The van der Waals surface area contributed by atoms with E-state index in [2.05, 4.69) is 57.3 Å². The molecular formula is C12H19INOSSn. The zero-order valence-corrected chi connectivity index (χ0v) is 16.3. The molecule has 0 saturated carbocycles. The summed E-state index contributed by atoms with van der Waals surface area (Å²) in [6.45, 7) is 4.21. The standard InChI is InChI=1S/C8H10N.C3H6IOS.CH3.Sn/c1-7(9)8-5-3-2-4-6-8;1-2-3(5)6-4;;/h2-5,7H,9H2,1H3;3H,2H2,1H3;1H3;/q;-1;;+1. The van der Waals surface area contributed by atoms with Gasteiger partial charge in [-0.1, -0.05) is 0 Å². The van der Waals surface area contributed by atoms with Crippen LogP contribution in [0.25, 0.3) is 0 Å². The molecule has 1 radical (unpaired) electrons. The van der Waals surface area contributed by atoms with Crippen LogP contribution >= 0.6 is 30.1 Å². The number of benzene rings is 1. The van der Waals surface area contributed by atoms with Crippen LogP contribution in [-0.4, -0.2) is 25.6 Å². The molecule has 2 unspecified atom stereocenters. The summed E-state index contributed by atoms with van der Waals surface area (Å²) in [4.78, 5) is 2.29. The number of hydrogen-bond acceptors (Lipinski definition) is 3. The Balaban J connectivity index is 2.84. The molecule has 0 bridgehead atoms. The van der Waals surface area contributed by atoms with Crippen LogP contribution in [0.2, 0.25) is 4.94 Å². The van der Waals surface area contributed by atoms with E-state index in [4.69, 9.17) is 8.81 Å². The average Bonchev–Trinajstić information content (AvgIpc) is 2.35. The number of halogens is 1. The summed E-state index contributed by atoms with van der Waals surface area (Å²) in [5.41, 5.74) is 7.61. The Hall–Kier alpha value is 1.02. The second kappa shape index (κ2) is 8.24. The second-order valence-corrected chi connectivity index (χ2v) is 11.6. The Kier molecular flexibility index (Phi) is 7.79. The van der Waals surface area contributed by atoms with Gasteiger partial charge in [-0.2, -0.15) is 0 Å². The van der Waals surface area contributed by atoms with E-state index in [9.17, 15) is 0 Å².